The normalized spacial score (nSPS) is 10.8. The number of rotatable bonds is 6. The van der Waals surface area contributed by atoms with E-state index in [-0.39, 0.29) is 17.3 Å². The first-order valence-electron chi connectivity index (χ1n) is 11.1. The molecule has 0 aliphatic heterocycles. The summed E-state index contributed by atoms with van der Waals surface area (Å²) in [6.45, 7) is 5.32. The molecule has 0 radical (unpaired) electrons. The highest BCUT2D eigenvalue weighted by Gasteiger charge is 2.20. The number of halogens is 2. The van der Waals surface area contributed by atoms with Crippen molar-refractivity contribution < 1.29 is 4.79 Å². The molecule has 2 aromatic carbocycles. The number of amides is 1. The summed E-state index contributed by atoms with van der Waals surface area (Å²) in [6, 6.07) is 10.6. The third-order valence-corrected chi connectivity index (χ3v) is 5.66. The average Bonchev–Trinajstić information content (AvgIpc) is 3.14. The zero-order valence-corrected chi connectivity index (χ0v) is 21.2. The number of imidazole rings is 1. The van der Waals surface area contributed by atoms with Crippen molar-refractivity contribution in [2.45, 2.75) is 26.7 Å². The summed E-state index contributed by atoms with van der Waals surface area (Å²) in [5.41, 5.74) is 1.55. The maximum Gasteiger partial charge on any atom is 0.289 e. The van der Waals surface area contributed by atoms with Gasteiger partial charge in [0.05, 0.1) is 21.9 Å². The van der Waals surface area contributed by atoms with E-state index in [1.807, 2.05) is 37.6 Å². The fourth-order valence-corrected chi connectivity index (χ4v) is 4.16. The smallest absolute Gasteiger partial charge is 0.289 e. The number of aromatic amines is 1. The molecule has 2 aromatic heterocycles. The van der Waals surface area contributed by atoms with E-state index in [4.69, 9.17) is 23.2 Å². The molecule has 2 heterocycles. The summed E-state index contributed by atoms with van der Waals surface area (Å²) in [6.07, 6.45) is 1.71. The third kappa shape index (κ3) is 5.51. The van der Waals surface area contributed by atoms with Crippen LogP contribution >= 0.6 is 23.2 Å². The highest BCUT2D eigenvalue weighted by atomic mass is 35.5. The molecule has 2 N–H and O–H groups in total. The van der Waals surface area contributed by atoms with Crippen molar-refractivity contribution in [2.24, 2.45) is 7.05 Å². The quantitative estimate of drug-likeness (QED) is 0.382. The van der Waals surface area contributed by atoms with Gasteiger partial charge >= 0.3 is 0 Å². The van der Waals surface area contributed by atoms with Crippen LogP contribution in [0.1, 0.15) is 37.3 Å². The number of aryl methyl sites for hydroxylation is 1. The molecule has 34 heavy (non-hydrogen) atoms. The molecule has 0 atom stereocenters. The maximum atomic E-state index is 12.8. The molecule has 0 aliphatic carbocycles. The van der Waals surface area contributed by atoms with E-state index >= 15 is 0 Å². The second-order valence-electron chi connectivity index (χ2n) is 7.72. The highest BCUT2D eigenvalue weighted by Crippen LogP contribution is 2.24. The predicted molar refractivity (Wildman–Crippen MR) is 139 cm³/mol. The van der Waals surface area contributed by atoms with E-state index in [0.29, 0.717) is 51.0 Å². The molecule has 0 aliphatic rings. The highest BCUT2D eigenvalue weighted by molar-refractivity contribution is 6.34. The average molecular weight is 503 g/mol. The number of H-pyrrole nitrogens is 1. The number of carbonyl (C=O) groups is 1. The molecule has 10 heteroatoms. The van der Waals surface area contributed by atoms with Crippen molar-refractivity contribution in [1.29, 1.82) is 0 Å². The first kappa shape index (κ1) is 25.5. The molecule has 4 aromatic rings. The van der Waals surface area contributed by atoms with Crippen LogP contribution in [0.5, 0.6) is 0 Å². The second kappa shape index (κ2) is 11.4. The van der Waals surface area contributed by atoms with Gasteiger partial charge in [-0.15, -0.1) is 0 Å². The molecule has 0 bridgehead atoms. The van der Waals surface area contributed by atoms with Gasteiger partial charge in [-0.25, -0.2) is 9.97 Å². The number of anilines is 1. The molecular weight excluding hydrogens is 475 g/mol. The number of fused-ring (bicyclic) bond motifs is 3. The van der Waals surface area contributed by atoms with Gasteiger partial charge in [-0.2, -0.15) is 0 Å². The molecule has 4 rings (SSSR count). The number of aromatic nitrogens is 4. The first-order chi connectivity index (χ1) is 16.3. The van der Waals surface area contributed by atoms with Gasteiger partial charge in [0.15, 0.2) is 5.82 Å². The predicted octanol–water partition coefficient (Wildman–Crippen LogP) is 5.11. The number of benzene rings is 2. The van der Waals surface area contributed by atoms with Gasteiger partial charge in [0, 0.05) is 37.2 Å². The number of hydrogen-bond donors (Lipinski definition) is 2. The summed E-state index contributed by atoms with van der Waals surface area (Å²) >= 11 is 11.1. The van der Waals surface area contributed by atoms with E-state index < -0.39 is 0 Å². The lowest BCUT2D eigenvalue weighted by Gasteiger charge is -2.20. The van der Waals surface area contributed by atoms with Crippen LogP contribution in [0.4, 0.5) is 5.95 Å². The van der Waals surface area contributed by atoms with Gasteiger partial charge in [0.1, 0.15) is 0 Å². The van der Waals surface area contributed by atoms with Gasteiger partial charge in [-0.05, 0) is 43.2 Å². The third-order valence-electron chi connectivity index (χ3n) is 5.19. The molecule has 0 saturated carbocycles. The molecule has 8 nitrogen and oxygen atoms in total. The van der Waals surface area contributed by atoms with E-state index in [1.165, 1.54) is 0 Å². The molecule has 1 amide bonds. The van der Waals surface area contributed by atoms with Crippen LogP contribution in [0.3, 0.4) is 0 Å². The molecule has 0 saturated heterocycles. The Labute approximate surface area is 207 Å². The summed E-state index contributed by atoms with van der Waals surface area (Å²) in [7, 11) is 3.61. The van der Waals surface area contributed by atoms with Crippen LogP contribution in [0.2, 0.25) is 10.0 Å². The minimum Gasteiger partial charge on any atom is -0.359 e. The van der Waals surface area contributed by atoms with Crippen molar-refractivity contribution in [2.75, 3.05) is 25.5 Å². The van der Waals surface area contributed by atoms with E-state index in [9.17, 15) is 9.59 Å². The van der Waals surface area contributed by atoms with Crippen LogP contribution in [0.25, 0.3) is 21.9 Å². The lowest BCUT2D eigenvalue weighted by atomic mass is 10.2. The van der Waals surface area contributed by atoms with E-state index in [2.05, 4.69) is 20.3 Å². The molecule has 180 valence electrons. The zero-order chi connectivity index (χ0) is 24.8. The zero-order valence-electron chi connectivity index (χ0n) is 19.7. The molecular formula is C24H28Cl2N6O2. The van der Waals surface area contributed by atoms with Gasteiger partial charge in [0.25, 0.3) is 11.5 Å². The van der Waals surface area contributed by atoms with E-state index in [1.54, 1.807) is 36.2 Å². The van der Waals surface area contributed by atoms with E-state index in [0.717, 1.165) is 12.8 Å². The van der Waals surface area contributed by atoms with Crippen molar-refractivity contribution in [3.63, 3.8) is 0 Å². The number of carbonyl (C=O) groups excluding carboxylic acids is 1. The van der Waals surface area contributed by atoms with Crippen LogP contribution in [0, 0.1) is 0 Å². The Morgan fingerprint density at radius 1 is 1.06 bits per heavy atom. The van der Waals surface area contributed by atoms with Gasteiger partial charge in [0.2, 0.25) is 5.95 Å². The van der Waals surface area contributed by atoms with Crippen LogP contribution in [-0.2, 0) is 7.05 Å². The van der Waals surface area contributed by atoms with Crippen LogP contribution < -0.4 is 10.9 Å². The van der Waals surface area contributed by atoms with Crippen molar-refractivity contribution in [1.82, 2.24) is 24.4 Å². The first-order valence-corrected chi connectivity index (χ1v) is 11.8. The van der Waals surface area contributed by atoms with Crippen molar-refractivity contribution in [3.05, 3.63) is 62.6 Å². The minimum atomic E-state index is -0.331. The summed E-state index contributed by atoms with van der Waals surface area (Å²) < 4.78 is 1.82. The lowest BCUT2D eigenvalue weighted by Crippen LogP contribution is -2.35. The molecule has 0 spiro atoms. The Morgan fingerprint density at radius 3 is 2.21 bits per heavy atom. The van der Waals surface area contributed by atoms with Crippen LogP contribution in [-0.4, -0.2) is 50.5 Å². The minimum absolute atomic E-state index is 0.0831. The Morgan fingerprint density at radius 2 is 1.68 bits per heavy atom. The standard InChI is InChI=1S/C18H24N6O2.C6H4Cl2/c1-5-9-24(10-6-2)17(26)15-20-11-7-8-12-14(13(11)16(25)22-15)23(4)18(19-3)21-12;7-5-2-1-3-6(8)4-5/h7-8H,5-6,9-10H2,1-4H3,(H,19,21)(H,20,22,25);1-4H. The van der Waals surface area contributed by atoms with Crippen molar-refractivity contribution >= 4 is 57.0 Å². The molecule has 0 unspecified atom stereocenters. The summed E-state index contributed by atoms with van der Waals surface area (Å²) in [4.78, 5) is 38.8. The van der Waals surface area contributed by atoms with Crippen LogP contribution in [0.15, 0.2) is 41.2 Å². The number of hydrogen-bond acceptors (Lipinski definition) is 5. The Hall–Kier alpha value is -3.10. The topological polar surface area (TPSA) is 95.9 Å². The molecule has 0 fully saturated rings. The lowest BCUT2D eigenvalue weighted by molar-refractivity contribution is 0.0743. The van der Waals surface area contributed by atoms with Gasteiger partial charge < -0.3 is 19.8 Å². The maximum absolute atomic E-state index is 12.8. The monoisotopic (exact) mass is 502 g/mol. The Bertz CT molecular complexity index is 1340. The second-order valence-corrected chi connectivity index (χ2v) is 8.59. The SMILES string of the molecule is CCCN(CCC)C(=O)c1nc2ccc3nc(NC)n(C)c3c2c(=O)[nH]1.Clc1cccc(Cl)c1. The summed E-state index contributed by atoms with van der Waals surface area (Å²) in [5.74, 6) is 0.498. The van der Waals surface area contributed by atoms with Gasteiger partial charge in [-0.1, -0.05) is 43.1 Å². The summed E-state index contributed by atoms with van der Waals surface area (Å²) in [5, 5.41) is 4.79. The number of nitrogens with one attached hydrogen (secondary N) is 2. The Balaban J connectivity index is 0.000000343. The van der Waals surface area contributed by atoms with Gasteiger partial charge in [-0.3, -0.25) is 9.59 Å². The van der Waals surface area contributed by atoms with Crippen molar-refractivity contribution in [3.8, 4) is 0 Å². The largest absolute Gasteiger partial charge is 0.359 e. The fraction of sp³-hybridized carbons (Fsp3) is 0.333. The fourth-order valence-electron chi connectivity index (χ4n) is 3.72. The Kier molecular flexibility index (Phi) is 8.52. The number of nitrogens with zero attached hydrogens (tertiary/aromatic N) is 4.